The van der Waals surface area contributed by atoms with Crippen LogP contribution >= 0.6 is 0 Å². The molecule has 7 heteroatoms. The van der Waals surface area contributed by atoms with Crippen LogP contribution in [0.4, 0.5) is 0 Å². The number of hydrogen-bond acceptors (Lipinski definition) is 5. The molecule has 1 aliphatic heterocycles. The highest BCUT2D eigenvalue weighted by Gasteiger charge is 2.24. The third kappa shape index (κ3) is 4.50. The molecule has 0 bridgehead atoms. The predicted molar refractivity (Wildman–Crippen MR) is 84.3 cm³/mol. The second-order valence-electron chi connectivity index (χ2n) is 5.67. The Morgan fingerprint density at radius 1 is 1.27 bits per heavy atom. The second kappa shape index (κ2) is 7.52. The van der Waals surface area contributed by atoms with Gasteiger partial charge in [0.1, 0.15) is 0 Å². The van der Waals surface area contributed by atoms with Crippen molar-refractivity contribution < 1.29 is 18.3 Å². The summed E-state index contributed by atoms with van der Waals surface area (Å²) < 4.78 is 31.4. The standard InChI is InChI=1S/C15H24N2O4S/c1-13-3-5-15(6-4-13)22(19,20)16(2)11-14(18)12-17-7-9-21-10-8-17/h3-6,14,18H,7-12H2,1-2H3/t14-/m0/s1. The molecule has 1 N–H and O–H groups in total. The first-order valence-electron chi connectivity index (χ1n) is 7.41. The quantitative estimate of drug-likeness (QED) is 0.814. The lowest BCUT2D eigenvalue weighted by molar-refractivity contribution is 0.0123. The van der Waals surface area contributed by atoms with Crippen LogP contribution in [0, 0.1) is 6.92 Å². The maximum Gasteiger partial charge on any atom is 0.242 e. The molecule has 2 rings (SSSR count). The molecule has 1 aliphatic rings. The van der Waals surface area contributed by atoms with Crippen molar-refractivity contribution in [1.82, 2.24) is 9.21 Å². The van der Waals surface area contributed by atoms with Crippen LogP contribution in [0.2, 0.25) is 0 Å². The van der Waals surface area contributed by atoms with Gasteiger partial charge >= 0.3 is 0 Å². The molecule has 0 aliphatic carbocycles. The Kier molecular flexibility index (Phi) is 5.94. The van der Waals surface area contributed by atoms with E-state index in [0.717, 1.165) is 18.7 Å². The minimum atomic E-state index is -3.56. The van der Waals surface area contributed by atoms with E-state index in [-0.39, 0.29) is 11.4 Å². The van der Waals surface area contributed by atoms with E-state index in [9.17, 15) is 13.5 Å². The number of aliphatic hydroxyl groups excluding tert-OH is 1. The molecule has 0 amide bonds. The molecule has 1 aromatic rings. The number of rotatable bonds is 6. The van der Waals surface area contributed by atoms with Crippen LogP contribution in [0.1, 0.15) is 5.56 Å². The minimum Gasteiger partial charge on any atom is -0.390 e. The van der Waals surface area contributed by atoms with E-state index >= 15 is 0 Å². The summed E-state index contributed by atoms with van der Waals surface area (Å²) in [5, 5.41) is 10.1. The van der Waals surface area contributed by atoms with Gasteiger partial charge in [-0.1, -0.05) is 17.7 Å². The largest absolute Gasteiger partial charge is 0.390 e. The Morgan fingerprint density at radius 2 is 1.86 bits per heavy atom. The Bertz CT molecular complexity index is 568. The molecule has 1 heterocycles. The fourth-order valence-corrected chi connectivity index (χ4v) is 3.63. The fraction of sp³-hybridized carbons (Fsp3) is 0.600. The van der Waals surface area contributed by atoms with Crippen molar-refractivity contribution in [3.63, 3.8) is 0 Å². The lowest BCUT2D eigenvalue weighted by atomic mass is 10.2. The molecule has 6 nitrogen and oxygen atoms in total. The van der Waals surface area contributed by atoms with Gasteiger partial charge in [-0.25, -0.2) is 8.42 Å². The zero-order chi connectivity index (χ0) is 16.2. The molecule has 0 radical (unpaired) electrons. The Hall–Kier alpha value is -0.990. The van der Waals surface area contributed by atoms with E-state index in [1.165, 1.54) is 11.4 Å². The number of morpholine rings is 1. The zero-order valence-electron chi connectivity index (χ0n) is 13.1. The van der Waals surface area contributed by atoms with E-state index in [4.69, 9.17) is 4.74 Å². The third-order valence-electron chi connectivity index (χ3n) is 3.77. The van der Waals surface area contributed by atoms with E-state index in [2.05, 4.69) is 4.90 Å². The molecule has 0 unspecified atom stereocenters. The van der Waals surface area contributed by atoms with Crippen molar-refractivity contribution in [2.24, 2.45) is 0 Å². The van der Waals surface area contributed by atoms with E-state index < -0.39 is 16.1 Å². The first kappa shape index (κ1) is 17.4. The van der Waals surface area contributed by atoms with Gasteiger partial charge in [-0.05, 0) is 19.1 Å². The van der Waals surface area contributed by atoms with E-state index in [0.29, 0.717) is 19.8 Å². The minimum absolute atomic E-state index is 0.0770. The molecular weight excluding hydrogens is 304 g/mol. The number of hydrogen-bond donors (Lipinski definition) is 1. The smallest absolute Gasteiger partial charge is 0.242 e. The monoisotopic (exact) mass is 328 g/mol. The number of benzene rings is 1. The molecular formula is C15H24N2O4S. The maximum absolute atomic E-state index is 12.5. The lowest BCUT2D eigenvalue weighted by Gasteiger charge is -2.29. The Morgan fingerprint density at radius 3 is 2.45 bits per heavy atom. The highest BCUT2D eigenvalue weighted by molar-refractivity contribution is 7.89. The zero-order valence-corrected chi connectivity index (χ0v) is 13.9. The van der Waals surface area contributed by atoms with Gasteiger partial charge in [0.25, 0.3) is 0 Å². The van der Waals surface area contributed by atoms with Crippen LogP contribution in [0.25, 0.3) is 0 Å². The number of aryl methyl sites for hydroxylation is 1. The number of aliphatic hydroxyl groups is 1. The van der Waals surface area contributed by atoms with Crippen LogP contribution < -0.4 is 0 Å². The fourth-order valence-electron chi connectivity index (χ4n) is 2.42. The average molecular weight is 328 g/mol. The Balaban J connectivity index is 1.94. The average Bonchev–Trinajstić information content (AvgIpc) is 2.48. The molecule has 1 saturated heterocycles. The molecule has 124 valence electrons. The Labute approximate surface area is 132 Å². The molecule has 1 atom stereocenters. The highest BCUT2D eigenvalue weighted by Crippen LogP contribution is 2.15. The summed E-state index contributed by atoms with van der Waals surface area (Å²) in [6, 6.07) is 6.72. The molecule has 0 aromatic heterocycles. The number of sulfonamides is 1. The van der Waals surface area contributed by atoms with Crippen molar-refractivity contribution in [3.05, 3.63) is 29.8 Å². The van der Waals surface area contributed by atoms with Crippen LogP contribution in [-0.4, -0.2) is 75.3 Å². The van der Waals surface area contributed by atoms with Crippen molar-refractivity contribution in [3.8, 4) is 0 Å². The third-order valence-corrected chi connectivity index (χ3v) is 5.61. The van der Waals surface area contributed by atoms with Gasteiger partial charge in [-0.15, -0.1) is 0 Å². The summed E-state index contributed by atoms with van der Waals surface area (Å²) in [7, 11) is -2.06. The van der Waals surface area contributed by atoms with Gasteiger partial charge in [0.15, 0.2) is 0 Å². The van der Waals surface area contributed by atoms with Gasteiger partial charge in [-0.3, -0.25) is 4.90 Å². The van der Waals surface area contributed by atoms with Crippen LogP contribution in [0.3, 0.4) is 0 Å². The SMILES string of the molecule is Cc1ccc(S(=O)(=O)N(C)C[C@H](O)CN2CCOCC2)cc1. The summed E-state index contributed by atoms with van der Waals surface area (Å²) in [6.07, 6.45) is -0.719. The van der Waals surface area contributed by atoms with Crippen LogP contribution in [-0.2, 0) is 14.8 Å². The van der Waals surface area contributed by atoms with Gasteiger partial charge < -0.3 is 9.84 Å². The molecule has 1 fully saturated rings. The van der Waals surface area contributed by atoms with E-state index in [1.807, 2.05) is 6.92 Å². The molecule has 1 aromatic carbocycles. The number of ether oxygens (including phenoxy) is 1. The summed E-state index contributed by atoms with van der Waals surface area (Å²) >= 11 is 0. The van der Waals surface area contributed by atoms with Crippen molar-refractivity contribution in [1.29, 1.82) is 0 Å². The first-order valence-corrected chi connectivity index (χ1v) is 8.85. The molecule has 0 saturated carbocycles. The van der Waals surface area contributed by atoms with E-state index in [1.54, 1.807) is 24.3 Å². The normalized spacial score (nSPS) is 18.5. The van der Waals surface area contributed by atoms with Gasteiger partial charge in [0, 0.05) is 33.2 Å². The highest BCUT2D eigenvalue weighted by atomic mass is 32.2. The number of nitrogens with zero attached hydrogens (tertiary/aromatic N) is 2. The number of β-amino-alcohol motifs (C(OH)–C–C–N with tert-alkyl or cyclic N) is 1. The predicted octanol–water partition coefficient (Wildman–Crippen LogP) is 0.309. The first-order chi connectivity index (χ1) is 10.4. The van der Waals surface area contributed by atoms with Crippen molar-refractivity contribution in [2.45, 2.75) is 17.9 Å². The topological polar surface area (TPSA) is 70.1 Å². The molecule has 22 heavy (non-hydrogen) atoms. The second-order valence-corrected chi connectivity index (χ2v) is 7.71. The summed E-state index contributed by atoms with van der Waals surface area (Å²) in [6.45, 7) is 5.29. The maximum atomic E-state index is 12.5. The van der Waals surface area contributed by atoms with Crippen molar-refractivity contribution in [2.75, 3.05) is 46.4 Å². The summed E-state index contributed by atoms with van der Waals surface area (Å²) in [5.41, 5.74) is 1.01. The summed E-state index contributed by atoms with van der Waals surface area (Å²) in [4.78, 5) is 2.33. The van der Waals surface area contributed by atoms with Gasteiger partial charge in [0.05, 0.1) is 24.2 Å². The molecule has 0 spiro atoms. The lowest BCUT2D eigenvalue weighted by Crippen LogP contribution is -2.45. The number of likely N-dealkylation sites (N-methyl/N-ethyl adjacent to an activating group) is 1. The van der Waals surface area contributed by atoms with Crippen LogP contribution in [0.5, 0.6) is 0 Å². The summed E-state index contributed by atoms with van der Waals surface area (Å²) in [5.74, 6) is 0. The van der Waals surface area contributed by atoms with Gasteiger partial charge in [-0.2, -0.15) is 4.31 Å². The van der Waals surface area contributed by atoms with Gasteiger partial charge in [0.2, 0.25) is 10.0 Å². The van der Waals surface area contributed by atoms with Crippen LogP contribution in [0.15, 0.2) is 29.2 Å². The van der Waals surface area contributed by atoms with Crippen molar-refractivity contribution >= 4 is 10.0 Å².